The second-order valence-electron chi connectivity index (χ2n) is 6.24. The van der Waals surface area contributed by atoms with Crippen molar-refractivity contribution < 1.29 is 17.9 Å². The van der Waals surface area contributed by atoms with Gasteiger partial charge in [0.05, 0.1) is 6.26 Å². The molecule has 0 amide bonds. The zero-order valence-electron chi connectivity index (χ0n) is 15.3. The summed E-state index contributed by atoms with van der Waals surface area (Å²) < 4.78 is 38.9. The van der Waals surface area contributed by atoms with Gasteiger partial charge >= 0.3 is 0 Å². The predicted molar refractivity (Wildman–Crippen MR) is 117 cm³/mol. The molecule has 13 heteroatoms. The van der Waals surface area contributed by atoms with Crippen molar-refractivity contribution in [1.82, 2.24) is 24.2 Å². The number of benzene rings is 1. The van der Waals surface area contributed by atoms with E-state index in [-0.39, 0.29) is 6.79 Å². The summed E-state index contributed by atoms with van der Waals surface area (Å²) in [6.45, 7) is 1.03. The number of rotatable bonds is 7. The van der Waals surface area contributed by atoms with Gasteiger partial charge < -0.3 is 19.8 Å². The summed E-state index contributed by atoms with van der Waals surface area (Å²) in [6, 6.07) is 3.83. The summed E-state index contributed by atoms with van der Waals surface area (Å²) in [5.41, 5.74) is 7.10. The number of fused-ring (bicyclic) bond motifs is 2. The number of aromatic nitrogens is 4. The van der Waals surface area contributed by atoms with E-state index in [9.17, 15) is 8.42 Å². The van der Waals surface area contributed by atoms with Gasteiger partial charge in [0.25, 0.3) is 0 Å². The van der Waals surface area contributed by atoms with Crippen molar-refractivity contribution in [1.29, 1.82) is 0 Å². The van der Waals surface area contributed by atoms with E-state index in [1.54, 1.807) is 0 Å². The maximum absolute atomic E-state index is 11.3. The normalized spacial score (nSPS) is 13.3. The van der Waals surface area contributed by atoms with Crippen LogP contribution in [-0.4, -0.2) is 47.5 Å². The number of imidazole rings is 1. The number of nitrogens with two attached hydrogens (primary N) is 1. The van der Waals surface area contributed by atoms with Crippen molar-refractivity contribution in [2.75, 3.05) is 25.3 Å². The molecular weight excluding hydrogens is 531 g/mol. The molecule has 0 saturated carbocycles. The second-order valence-corrected chi connectivity index (χ2v) is 10.2. The zero-order valence-corrected chi connectivity index (χ0v) is 19.0. The lowest BCUT2D eigenvalue weighted by Gasteiger charge is -2.10. The van der Waals surface area contributed by atoms with Gasteiger partial charge in [-0.2, -0.15) is 0 Å². The third kappa shape index (κ3) is 4.51. The largest absolute Gasteiger partial charge is 0.454 e. The molecule has 0 saturated heterocycles. The molecule has 1 aliphatic heterocycles. The standard InChI is InChI=1S/C16H17IN6O4S2/c1-29(24,25)21-3-2-4-23-15-13(14(18)19-7-20-15)22-16(23)28-12-6-11-10(5-9(12)17)26-8-27-11/h5-7,21H,2-4,8H2,1H3,(H2,18,19,20). The molecule has 3 heterocycles. The van der Waals surface area contributed by atoms with Crippen LogP contribution in [0.1, 0.15) is 6.42 Å². The molecule has 0 fully saturated rings. The highest BCUT2D eigenvalue weighted by Crippen LogP contribution is 2.41. The Kier molecular flexibility index (Phi) is 5.72. The Balaban J connectivity index is 1.65. The monoisotopic (exact) mass is 548 g/mol. The van der Waals surface area contributed by atoms with E-state index in [4.69, 9.17) is 15.2 Å². The Morgan fingerprint density at radius 1 is 1.31 bits per heavy atom. The van der Waals surface area contributed by atoms with Gasteiger partial charge in [-0.15, -0.1) is 0 Å². The number of ether oxygens (including phenoxy) is 2. The van der Waals surface area contributed by atoms with E-state index >= 15 is 0 Å². The maximum atomic E-state index is 11.3. The first-order valence-corrected chi connectivity index (χ1v) is 12.3. The molecule has 0 unspecified atom stereocenters. The minimum Gasteiger partial charge on any atom is -0.454 e. The topological polar surface area (TPSA) is 134 Å². The molecule has 29 heavy (non-hydrogen) atoms. The fraction of sp³-hybridized carbons (Fsp3) is 0.312. The lowest BCUT2D eigenvalue weighted by atomic mass is 10.3. The average molecular weight is 548 g/mol. The Bertz CT molecular complexity index is 1180. The lowest BCUT2D eigenvalue weighted by molar-refractivity contribution is 0.174. The Morgan fingerprint density at radius 2 is 2.07 bits per heavy atom. The van der Waals surface area contributed by atoms with Crippen LogP contribution in [0.4, 0.5) is 5.82 Å². The Labute approximate surface area is 184 Å². The smallest absolute Gasteiger partial charge is 0.231 e. The van der Waals surface area contributed by atoms with Gasteiger partial charge in [-0.05, 0) is 41.1 Å². The average Bonchev–Trinajstić information content (AvgIpc) is 3.23. The molecule has 3 N–H and O–H groups in total. The van der Waals surface area contributed by atoms with Gasteiger partial charge in [-0.1, -0.05) is 11.8 Å². The number of sulfonamides is 1. The zero-order chi connectivity index (χ0) is 20.6. The van der Waals surface area contributed by atoms with Gasteiger partial charge in [0, 0.05) is 21.6 Å². The molecule has 10 nitrogen and oxygen atoms in total. The summed E-state index contributed by atoms with van der Waals surface area (Å²) >= 11 is 3.69. The highest BCUT2D eigenvalue weighted by atomic mass is 127. The van der Waals surface area contributed by atoms with Crippen molar-refractivity contribution in [2.45, 2.75) is 23.0 Å². The van der Waals surface area contributed by atoms with Crippen LogP contribution in [0.25, 0.3) is 11.2 Å². The van der Waals surface area contributed by atoms with Gasteiger partial charge in [-0.3, -0.25) is 0 Å². The van der Waals surface area contributed by atoms with Crippen molar-refractivity contribution >= 4 is 61.4 Å². The summed E-state index contributed by atoms with van der Waals surface area (Å²) in [6.07, 6.45) is 3.09. The summed E-state index contributed by atoms with van der Waals surface area (Å²) in [5.74, 6) is 1.70. The Morgan fingerprint density at radius 3 is 2.83 bits per heavy atom. The number of anilines is 1. The number of hydrogen-bond acceptors (Lipinski definition) is 9. The summed E-state index contributed by atoms with van der Waals surface area (Å²) in [7, 11) is -3.24. The number of halogens is 1. The number of nitrogen functional groups attached to an aromatic ring is 1. The molecule has 0 bridgehead atoms. The van der Waals surface area contributed by atoms with Gasteiger partial charge in [-0.25, -0.2) is 28.1 Å². The molecular formula is C16H17IN6O4S2. The third-order valence-corrected chi connectivity index (χ3v) is 7.12. The van der Waals surface area contributed by atoms with Crippen LogP contribution in [0, 0.1) is 3.57 Å². The van der Waals surface area contributed by atoms with Gasteiger partial charge in [0.2, 0.25) is 16.8 Å². The first-order valence-electron chi connectivity index (χ1n) is 8.50. The van der Waals surface area contributed by atoms with Crippen molar-refractivity contribution in [2.24, 2.45) is 0 Å². The highest BCUT2D eigenvalue weighted by molar-refractivity contribution is 14.1. The number of nitrogens with one attached hydrogen (secondary N) is 1. The van der Waals surface area contributed by atoms with Crippen LogP contribution in [0.15, 0.2) is 28.5 Å². The molecule has 1 aliphatic rings. The second kappa shape index (κ2) is 8.12. The van der Waals surface area contributed by atoms with E-state index in [2.05, 4.69) is 42.3 Å². The lowest BCUT2D eigenvalue weighted by Crippen LogP contribution is -2.24. The van der Waals surface area contributed by atoms with Gasteiger partial charge in [0.15, 0.2) is 33.6 Å². The number of nitrogens with zero attached hydrogens (tertiary/aromatic N) is 4. The molecule has 3 aromatic rings. The number of aryl methyl sites for hydroxylation is 1. The van der Waals surface area contributed by atoms with E-state index in [0.29, 0.717) is 53.1 Å². The first kappa shape index (κ1) is 20.4. The third-order valence-electron chi connectivity index (χ3n) is 4.08. The molecule has 1 aromatic carbocycles. The molecule has 0 radical (unpaired) electrons. The SMILES string of the molecule is CS(=O)(=O)NCCCn1c(Sc2cc3c(cc2I)OCO3)nc2c(N)ncnc21. The van der Waals surface area contributed by atoms with Crippen molar-refractivity contribution in [3.05, 3.63) is 22.0 Å². The van der Waals surface area contributed by atoms with Crippen LogP contribution >= 0.6 is 34.4 Å². The fourth-order valence-corrected chi connectivity index (χ4v) is 5.01. The van der Waals surface area contributed by atoms with E-state index < -0.39 is 10.0 Å². The summed E-state index contributed by atoms with van der Waals surface area (Å²) in [4.78, 5) is 13.9. The van der Waals surface area contributed by atoms with Crippen LogP contribution < -0.4 is 19.9 Å². The molecule has 154 valence electrons. The van der Waals surface area contributed by atoms with Crippen LogP contribution in [-0.2, 0) is 16.6 Å². The maximum Gasteiger partial charge on any atom is 0.231 e. The molecule has 4 rings (SSSR count). The molecule has 0 aliphatic carbocycles. The molecule has 0 spiro atoms. The quantitative estimate of drug-likeness (QED) is 0.335. The predicted octanol–water partition coefficient (Wildman–Crippen LogP) is 1.83. The summed E-state index contributed by atoms with van der Waals surface area (Å²) in [5, 5.41) is 0.684. The minimum absolute atomic E-state index is 0.206. The minimum atomic E-state index is -3.24. The number of hydrogen-bond donors (Lipinski definition) is 2. The fourth-order valence-electron chi connectivity index (χ4n) is 2.78. The van der Waals surface area contributed by atoms with E-state index in [1.807, 2.05) is 16.7 Å². The van der Waals surface area contributed by atoms with Crippen LogP contribution in [0.5, 0.6) is 11.5 Å². The van der Waals surface area contributed by atoms with E-state index in [1.165, 1.54) is 18.1 Å². The molecule has 2 aromatic heterocycles. The highest BCUT2D eigenvalue weighted by Gasteiger charge is 2.20. The first-order chi connectivity index (χ1) is 13.8. The van der Waals surface area contributed by atoms with Crippen molar-refractivity contribution in [3.63, 3.8) is 0 Å². The van der Waals surface area contributed by atoms with Crippen LogP contribution in [0.3, 0.4) is 0 Å². The van der Waals surface area contributed by atoms with Crippen molar-refractivity contribution in [3.8, 4) is 11.5 Å². The van der Waals surface area contributed by atoms with E-state index in [0.717, 1.165) is 14.7 Å². The van der Waals surface area contributed by atoms with Gasteiger partial charge in [0.1, 0.15) is 6.33 Å². The Hall–Kier alpha value is -1.84. The molecule has 0 atom stereocenters. The van der Waals surface area contributed by atoms with Crippen LogP contribution in [0.2, 0.25) is 0 Å².